The second kappa shape index (κ2) is 7.39. The minimum Gasteiger partial charge on any atom is -0.507 e. The van der Waals surface area contributed by atoms with Gasteiger partial charge in [0.25, 0.3) is 0 Å². The number of fused-ring (bicyclic) bond motifs is 8. The summed E-state index contributed by atoms with van der Waals surface area (Å²) in [6.07, 6.45) is 2.89. The summed E-state index contributed by atoms with van der Waals surface area (Å²) in [5.41, 5.74) is 5.47. The van der Waals surface area contributed by atoms with Crippen molar-refractivity contribution in [1.82, 2.24) is 4.90 Å². The highest BCUT2D eigenvalue weighted by Crippen LogP contribution is 2.65. The molecule has 5 nitrogen and oxygen atoms in total. The molecule has 1 spiro atoms. The van der Waals surface area contributed by atoms with Crippen molar-refractivity contribution in [3.8, 4) is 28.4 Å². The largest absolute Gasteiger partial charge is 0.507 e. The lowest BCUT2D eigenvalue weighted by atomic mass is 9.52. The van der Waals surface area contributed by atoms with Gasteiger partial charge in [0.05, 0.1) is 13.2 Å². The van der Waals surface area contributed by atoms with Gasteiger partial charge in [0.2, 0.25) is 0 Å². The SMILES string of the molecule is CC1(C)CC(C)(C)CC2(C1)c1ccccc1-c1c2cc(O)c2cc3c(cc12)OC(N1CCOCC1)O3. The van der Waals surface area contributed by atoms with Gasteiger partial charge in [-0.05, 0) is 75.9 Å². The fourth-order valence-corrected chi connectivity index (χ4v) is 8.20. The first-order chi connectivity index (χ1) is 17.2. The molecule has 3 aromatic carbocycles. The molecule has 0 radical (unpaired) electrons. The molecule has 188 valence electrons. The smallest absolute Gasteiger partial charge is 0.305 e. The Labute approximate surface area is 213 Å². The van der Waals surface area contributed by atoms with Gasteiger partial charge >= 0.3 is 6.41 Å². The van der Waals surface area contributed by atoms with Crippen LogP contribution in [0.4, 0.5) is 0 Å². The lowest BCUT2D eigenvalue weighted by molar-refractivity contribution is -0.121. The van der Waals surface area contributed by atoms with E-state index < -0.39 is 6.41 Å². The molecule has 0 bridgehead atoms. The Morgan fingerprint density at radius 2 is 1.44 bits per heavy atom. The van der Waals surface area contributed by atoms with E-state index in [4.69, 9.17) is 14.2 Å². The summed E-state index contributed by atoms with van der Waals surface area (Å²) in [6, 6.07) is 15.0. The van der Waals surface area contributed by atoms with Crippen LogP contribution >= 0.6 is 0 Å². The number of hydrogen-bond donors (Lipinski definition) is 1. The van der Waals surface area contributed by atoms with Crippen molar-refractivity contribution in [3.05, 3.63) is 53.6 Å². The minimum atomic E-state index is -0.450. The van der Waals surface area contributed by atoms with Gasteiger partial charge in [-0.15, -0.1) is 0 Å². The average molecular weight is 486 g/mol. The van der Waals surface area contributed by atoms with Crippen molar-refractivity contribution >= 4 is 10.8 Å². The van der Waals surface area contributed by atoms with E-state index in [9.17, 15) is 5.11 Å². The summed E-state index contributed by atoms with van der Waals surface area (Å²) in [5.74, 6) is 1.75. The van der Waals surface area contributed by atoms with Crippen LogP contribution in [0.2, 0.25) is 0 Å². The average Bonchev–Trinajstić information content (AvgIpc) is 3.34. The van der Waals surface area contributed by atoms with Crippen molar-refractivity contribution in [1.29, 1.82) is 0 Å². The summed E-state index contributed by atoms with van der Waals surface area (Å²) in [7, 11) is 0. The van der Waals surface area contributed by atoms with Crippen molar-refractivity contribution < 1.29 is 19.3 Å². The lowest BCUT2D eigenvalue weighted by Crippen LogP contribution is -2.47. The maximum absolute atomic E-state index is 11.4. The van der Waals surface area contributed by atoms with E-state index in [0.29, 0.717) is 24.7 Å². The molecule has 1 atom stereocenters. The number of nitrogens with zero attached hydrogens (tertiary/aromatic N) is 1. The van der Waals surface area contributed by atoms with Crippen molar-refractivity contribution in [2.75, 3.05) is 26.3 Å². The second-order valence-electron chi connectivity index (χ2n) is 12.8. The van der Waals surface area contributed by atoms with Gasteiger partial charge in [0, 0.05) is 23.9 Å². The number of hydrogen-bond acceptors (Lipinski definition) is 5. The van der Waals surface area contributed by atoms with E-state index in [0.717, 1.165) is 42.5 Å². The molecule has 5 heteroatoms. The predicted molar refractivity (Wildman–Crippen MR) is 141 cm³/mol. The molecule has 36 heavy (non-hydrogen) atoms. The van der Waals surface area contributed by atoms with Crippen LogP contribution in [-0.4, -0.2) is 42.7 Å². The third kappa shape index (κ3) is 3.22. The maximum Gasteiger partial charge on any atom is 0.305 e. The normalized spacial score (nSPS) is 25.2. The first kappa shape index (κ1) is 22.4. The summed E-state index contributed by atoms with van der Waals surface area (Å²) in [4.78, 5) is 2.16. The molecular formula is C31H35NO4. The van der Waals surface area contributed by atoms with Gasteiger partial charge in [0.1, 0.15) is 5.75 Å². The summed E-state index contributed by atoms with van der Waals surface area (Å²) in [6.45, 7) is 12.5. The second-order valence-corrected chi connectivity index (χ2v) is 12.8. The third-order valence-corrected chi connectivity index (χ3v) is 8.72. The molecule has 3 aromatic rings. The summed E-state index contributed by atoms with van der Waals surface area (Å²) >= 11 is 0. The van der Waals surface area contributed by atoms with Crippen LogP contribution in [0.15, 0.2) is 42.5 Å². The number of ether oxygens (including phenoxy) is 3. The van der Waals surface area contributed by atoms with Crippen LogP contribution in [0, 0.1) is 10.8 Å². The number of aromatic hydroxyl groups is 1. The predicted octanol–water partition coefficient (Wildman–Crippen LogP) is 6.44. The van der Waals surface area contributed by atoms with Gasteiger partial charge < -0.3 is 19.3 Å². The molecule has 1 N–H and O–H groups in total. The van der Waals surface area contributed by atoms with Crippen LogP contribution in [0.1, 0.15) is 58.1 Å². The number of morpholine rings is 1. The highest BCUT2D eigenvalue weighted by atomic mass is 16.7. The highest BCUT2D eigenvalue weighted by molar-refractivity contribution is 6.06. The van der Waals surface area contributed by atoms with Gasteiger partial charge in [-0.25, -0.2) is 4.90 Å². The number of rotatable bonds is 1. The molecule has 2 aliphatic carbocycles. The Bertz CT molecular complexity index is 1370. The Morgan fingerprint density at radius 3 is 2.14 bits per heavy atom. The first-order valence-electron chi connectivity index (χ1n) is 13.3. The monoisotopic (exact) mass is 485 g/mol. The Hall–Kier alpha value is -2.76. The van der Waals surface area contributed by atoms with E-state index >= 15 is 0 Å². The molecule has 4 aliphatic rings. The zero-order valence-electron chi connectivity index (χ0n) is 21.7. The standard InChI is InChI=1S/C31H35NO4/c1-29(2)16-30(3,4)18-31(17-29)22-8-6-5-7-19(22)27-21-14-26-25(13-20(21)24(33)15-23(27)31)35-28(36-26)32-9-11-34-12-10-32/h5-8,13-15,28,33H,9-12,16-18H2,1-4H3. The van der Waals surface area contributed by atoms with Crippen LogP contribution < -0.4 is 9.47 Å². The van der Waals surface area contributed by atoms with E-state index in [1.165, 1.54) is 28.7 Å². The molecule has 1 saturated heterocycles. The molecule has 7 rings (SSSR count). The Balaban J connectivity index is 1.42. The van der Waals surface area contributed by atoms with Crippen molar-refractivity contribution in [3.63, 3.8) is 0 Å². The Morgan fingerprint density at radius 1 is 0.806 bits per heavy atom. The molecule has 1 unspecified atom stereocenters. The highest BCUT2D eigenvalue weighted by Gasteiger charge is 2.53. The molecule has 2 fully saturated rings. The summed E-state index contributed by atoms with van der Waals surface area (Å²) < 4.78 is 18.0. The van der Waals surface area contributed by atoms with Gasteiger partial charge in [-0.2, -0.15) is 0 Å². The van der Waals surface area contributed by atoms with Crippen LogP contribution in [0.25, 0.3) is 21.9 Å². The molecule has 1 saturated carbocycles. The topological polar surface area (TPSA) is 51.2 Å². The van der Waals surface area contributed by atoms with E-state index in [1.54, 1.807) is 0 Å². The fourth-order valence-electron chi connectivity index (χ4n) is 8.20. The zero-order chi connectivity index (χ0) is 24.9. The lowest BCUT2D eigenvalue weighted by Gasteiger charge is -2.51. The van der Waals surface area contributed by atoms with Gasteiger partial charge in [-0.3, -0.25) is 0 Å². The quantitative estimate of drug-likeness (QED) is 0.430. The molecule has 2 aliphatic heterocycles. The Kier molecular flexibility index (Phi) is 4.61. The van der Waals surface area contributed by atoms with E-state index in [2.05, 4.69) is 69.0 Å². The van der Waals surface area contributed by atoms with E-state index in [-0.39, 0.29) is 16.2 Å². The van der Waals surface area contributed by atoms with Gasteiger partial charge in [-0.1, -0.05) is 52.0 Å². The number of benzene rings is 3. The first-order valence-corrected chi connectivity index (χ1v) is 13.3. The number of phenols is 1. The third-order valence-electron chi connectivity index (χ3n) is 8.72. The number of phenolic OH excluding ortho intramolecular Hbond substituents is 1. The van der Waals surface area contributed by atoms with E-state index in [1.807, 2.05) is 6.07 Å². The molecule has 0 amide bonds. The summed E-state index contributed by atoms with van der Waals surface area (Å²) in [5, 5.41) is 13.3. The van der Waals surface area contributed by atoms with Crippen molar-refractivity contribution in [2.24, 2.45) is 10.8 Å². The maximum atomic E-state index is 11.4. The van der Waals surface area contributed by atoms with Crippen LogP contribution in [0.3, 0.4) is 0 Å². The molecule has 0 aromatic heterocycles. The van der Waals surface area contributed by atoms with Gasteiger partial charge in [0.15, 0.2) is 11.5 Å². The zero-order valence-corrected chi connectivity index (χ0v) is 21.7. The van der Waals surface area contributed by atoms with Crippen LogP contribution in [-0.2, 0) is 10.2 Å². The molecule has 2 heterocycles. The fraction of sp³-hybridized carbons (Fsp3) is 0.484. The van der Waals surface area contributed by atoms with Crippen molar-refractivity contribution in [2.45, 2.75) is 58.8 Å². The molecular weight excluding hydrogens is 450 g/mol. The van der Waals surface area contributed by atoms with Crippen LogP contribution in [0.5, 0.6) is 17.2 Å². The minimum absolute atomic E-state index is 0.116.